The van der Waals surface area contributed by atoms with Crippen molar-refractivity contribution in [1.82, 2.24) is 10.6 Å². The van der Waals surface area contributed by atoms with E-state index in [9.17, 15) is 19.7 Å². The molecule has 0 heterocycles. The number of nitrogens with zero attached hydrogens (tertiary/aromatic N) is 1. The number of carbonyl (C=O) groups is 2. The summed E-state index contributed by atoms with van der Waals surface area (Å²) in [5.41, 5.74) is -0.0265. The maximum absolute atomic E-state index is 12.7. The molecule has 0 saturated heterocycles. The van der Waals surface area contributed by atoms with Crippen molar-refractivity contribution in [3.05, 3.63) is 39.4 Å². The van der Waals surface area contributed by atoms with Crippen molar-refractivity contribution in [2.24, 2.45) is 0 Å². The Morgan fingerprint density at radius 3 is 2.16 bits per heavy atom. The number of hydrogen-bond donors (Lipinski definition) is 2. The lowest BCUT2D eigenvalue weighted by Gasteiger charge is -2.36. The van der Waals surface area contributed by atoms with Gasteiger partial charge in [0.25, 0.3) is 11.6 Å². The molecule has 0 fully saturated rings. The Morgan fingerprint density at radius 2 is 1.65 bits per heavy atom. The molecule has 0 aliphatic rings. The predicted octanol–water partition coefficient (Wildman–Crippen LogP) is 4.37. The lowest BCUT2D eigenvalue weighted by Crippen LogP contribution is -2.40. The molecule has 0 spiro atoms. The number of non-ortho nitro benzene ring substituents is 1. The topological polar surface area (TPSA) is 120 Å². The number of rotatable bonds is 8. The lowest BCUT2D eigenvalue weighted by molar-refractivity contribution is -0.384. The summed E-state index contributed by atoms with van der Waals surface area (Å²) in [6, 6.07) is 4.17. The van der Waals surface area contributed by atoms with Crippen LogP contribution in [0, 0.1) is 10.1 Å². The van der Waals surface area contributed by atoms with Crippen LogP contribution in [0.25, 0.3) is 0 Å². The zero-order valence-corrected chi connectivity index (χ0v) is 20.8. The first-order chi connectivity index (χ1) is 14.0. The summed E-state index contributed by atoms with van der Waals surface area (Å²) < 4.78 is 11.3. The van der Waals surface area contributed by atoms with Gasteiger partial charge in [-0.3, -0.25) is 14.9 Å². The van der Waals surface area contributed by atoms with E-state index < -0.39 is 30.8 Å². The summed E-state index contributed by atoms with van der Waals surface area (Å²) in [6.45, 7) is 16.3. The molecule has 2 amide bonds. The third-order valence-corrected chi connectivity index (χ3v) is 9.50. The van der Waals surface area contributed by atoms with E-state index in [1.807, 2.05) is 0 Å². The molecule has 0 aromatic heterocycles. The number of benzene rings is 1. The Hall–Kier alpha value is -2.46. The molecule has 0 unspecified atom stereocenters. The SMILES string of the molecule is CC(C)(C)OC(=O)NCCNC(=O)c1cc([N+](=O)[O-])ccc1CO[Si](C)(C)C(C)(C)C. The van der Waals surface area contributed by atoms with Crippen molar-refractivity contribution in [3.63, 3.8) is 0 Å². The second kappa shape index (κ2) is 10.2. The maximum atomic E-state index is 12.7. The first-order valence-electron chi connectivity index (χ1n) is 10.2. The fourth-order valence-electron chi connectivity index (χ4n) is 2.24. The molecule has 2 N–H and O–H groups in total. The van der Waals surface area contributed by atoms with Gasteiger partial charge in [-0.15, -0.1) is 0 Å². The standard InChI is InChI=1S/C21H35N3O6Si/c1-20(2,3)30-19(26)23-12-11-22-18(25)17-13-16(24(27)28)10-9-15(17)14-29-31(7,8)21(4,5)6/h9-10,13H,11-12,14H2,1-8H3,(H,22,25)(H,23,26). The van der Waals surface area contributed by atoms with Crippen molar-refractivity contribution >= 4 is 26.0 Å². The Kier molecular flexibility index (Phi) is 8.77. The number of amides is 2. The van der Waals surface area contributed by atoms with E-state index in [-0.39, 0.29) is 36.0 Å². The molecule has 0 saturated carbocycles. The monoisotopic (exact) mass is 453 g/mol. The molecule has 1 aromatic carbocycles. The van der Waals surface area contributed by atoms with E-state index in [1.54, 1.807) is 26.8 Å². The van der Waals surface area contributed by atoms with E-state index in [0.717, 1.165) is 0 Å². The van der Waals surface area contributed by atoms with Crippen molar-refractivity contribution < 1.29 is 23.7 Å². The molecule has 1 rings (SSSR count). The van der Waals surface area contributed by atoms with Gasteiger partial charge < -0.3 is 19.8 Å². The average Bonchev–Trinajstić information content (AvgIpc) is 2.60. The van der Waals surface area contributed by atoms with Crippen molar-refractivity contribution in [2.75, 3.05) is 13.1 Å². The number of carbonyl (C=O) groups excluding carboxylic acids is 2. The van der Waals surface area contributed by atoms with E-state index in [0.29, 0.717) is 5.56 Å². The van der Waals surface area contributed by atoms with Gasteiger partial charge in [-0.25, -0.2) is 4.79 Å². The predicted molar refractivity (Wildman–Crippen MR) is 122 cm³/mol. The average molecular weight is 454 g/mol. The number of nitro groups is 1. The summed E-state index contributed by atoms with van der Waals surface area (Å²) in [6.07, 6.45) is -0.583. The minimum atomic E-state index is -2.07. The van der Waals surface area contributed by atoms with E-state index >= 15 is 0 Å². The Labute approximate surface area is 185 Å². The Morgan fingerprint density at radius 1 is 1.06 bits per heavy atom. The molecule has 0 atom stereocenters. The first-order valence-corrected chi connectivity index (χ1v) is 13.1. The highest BCUT2D eigenvalue weighted by atomic mass is 28.4. The molecule has 0 radical (unpaired) electrons. The second-order valence-electron chi connectivity index (χ2n) is 9.83. The molecule has 10 heteroatoms. The fraction of sp³-hybridized carbons (Fsp3) is 0.619. The zero-order valence-electron chi connectivity index (χ0n) is 19.8. The Bertz CT molecular complexity index is 812. The van der Waals surface area contributed by atoms with Crippen LogP contribution in [0.15, 0.2) is 18.2 Å². The van der Waals surface area contributed by atoms with Crippen LogP contribution in [-0.2, 0) is 15.8 Å². The van der Waals surface area contributed by atoms with Gasteiger partial charge in [0.05, 0.1) is 17.1 Å². The molecular formula is C21H35N3O6Si. The van der Waals surface area contributed by atoms with Gasteiger partial charge in [0.2, 0.25) is 0 Å². The second-order valence-corrected chi connectivity index (χ2v) is 14.6. The van der Waals surface area contributed by atoms with E-state index in [2.05, 4.69) is 44.5 Å². The molecule has 31 heavy (non-hydrogen) atoms. The Balaban J connectivity index is 2.85. The van der Waals surface area contributed by atoms with Crippen LogP contribution in [0.5, 0.6) is 0 Å². The van der Waals surface area contributed by atoms with Gasteiger partial charge in [0.15, 0.2) is 8.32 Å². The number of hydrogen-bond acceptors (Lipinski definition) is 6. The van der Waals surface area contributed by atoms with E-state index in [4.69, 9.17) is 9.16 Å². The maximum Gasteiger partial charge on any atom is 0.407 e. The largest absolute Gasteiger partial charge is 0.444 e. The molecule has 1 aromatic rings. The number of alkyl carbamates (subject to hydrolysis) is 1. The van der Waals surface area contributed by atoms with Crippen LogP contribution < -0.4 is 10.6 Å². The van der Waals surface area contributed by atoms with Crippen molar-refractivity contribution in [1.29, 1.82) is 0 Å². The zero-order chi connectivity index (χ0) is 24.0. The van der Waals surface area contributed by atoms with Crippen molar-refractivity contribution in [3.8, 4) is 0 Å². The summed E-state index contributed by atoms with van der Waals surface area (Å²) in [5.74, 6) is -0.469. The molecule has 174 valence electrons. The van der Waals surface area contributed by atoms with Crippen LogP contribution in [0.2, 0.25) is 18.1 Å². The van der Waals surface area contributed by atoms with Crippen LogP contribution in [-0.4, -0.2) is 43.9 Å². The molecule has 0 aliphatic heterocycles. The van der Waals surface area contributed by atoms with Gasteiger partial charge >= 0.3 is 6.09 Å². The summed E-state index contributed by atoms with van der Waals surface area (Å²) in [4.78, 5) is 35.0. The third kappa shape index (κ3) is 8.66. The highest BCUT2D eigenvalue weighted by molar-refractivity contribution is 6.74. The van der Waals surface area contributed by atoms with Crippen molar-refractivity contribution in [2.45, 2.75) is 71.9 Å². The molecular weight excluding hydrogens is 418 g/mol. The number of nitrogens with one attached hydrogen (secondary N) is 2. The van der Waals surface area contributed by atoms with Gasteiger partial charge in [-0.1, -0.05) is 20.8 Å². The summed E-state index contributed by atoms with van der Waals surface area (Å²) in [5, 5.41) is 16.4. The number of ether oxygens (including phenoxy) is 1. The van der Waals surface area contributed by atoms with E-state index in [1.165, 1.54) is 12.1 Å². The van der Waals surface area contributed by atoms with Gasteiger partial charge in [0, 0.05) is 25.2 Å². The van der Waals surface area contributed by atoms with Crippen LogP contribution in [0.1, 0.15) is 57.5 Å². The highest BCUT2D eigenvalue weighted by Crippen LogP contribution is 2.37. The van der Waals surface area contributed by atoms with Gasteiger partial charge in [-0.2, -0.15) is 0 Å². The minimum absolute atomic E-state index is 0.0104. The molecule has 9 nitrogen and oxygen atoms in total. The molecule has 0 bridgehead atoms. The minimum Gasteiger partial charge on any atom is -0.444 e. The fourth-order valence-corrected chi connectivity index (χ4v) is 3.19. The number of nitro benzene ring substituents is 1. The van der Waals surface area contributed by atoms with Gasteiger partial charge in [-0.05, 0) is 50.5 Å². The van der Waals surface area contributed by atoms with Crippen LogP contribution in [0.4, 0.5) is 10.5 Å². The highest BCUT2D eigenvalue weighted by Gasteiger charge is 2.37. The quantitative estimate of drug-likeness (QED) is 0.261. The van der Waals surface area contributed by atoms with Crippen LogP contribution >= 0.6 is 0 Å². The third-order valence-electron chi connectivity index (χ3n) is 5.02. The summed E-state index contributed by atoms with van der Waals surface area (Å²) >= 11 is 0. The summed E-state index contributed by atoms with van der Waals surface area (Å²) in [7, 11) is -2.07. The first kappa shape index (κ1) is 26.6. The normalized spacial score (nSPS) is 12.3. The van der Waals surface area contributed by atoms with Gasteiger partial charge in [0.1, 0.15) is 5.60 Å². The smallest absolute Gasteiger partial charge is 0.407 e. The molecule has 0 aliphatic carbocycles. The van der Waals surface area contributed by atoms with Crippen LogP contribution in [0.3, 0.4) is 0 Å². The lowest BCUT2D eigenvalue weighted by atomic mass is 10.1.